The topological polar surface area (TPSA) is 154 Å². The van der Waals surface area contributed by atoms with Crippen molar-refractivity contribution in [3.63, 3.8) is 0 Å². The number of amides is 2. The van der Waals surface area contributed by atoms with E-state index in [1.165, 1.54) is 19.1 Å². The molecule has 0 aromatic heterocycles. The standard InChI is InChI=1S/C34H48N3O8P/c1-23(2)28(29(38)44-6)36-31(40)34(35,24(3)4)30(39)33(19-13-14-20-33)46(42)27(43-5)21-37(26-17-11-8-12-18-26)32(41)45-22-25-15-9-7-10-16-25/h7-12,15-18,23-24,27-28,46H,13-14,19-22,35H2,1-6H3,(H,36,40)/t27?,28-,34+/m0/s1. The van der Waals surface area contributed by atoms with Crippen LogP contribution in [0.5, 0.6) is 0 Å². The Morgan fingerprint density at radius 3 is 2.02 bits per heavy atom. The molecule has 0 aliphatic heterocycles. The molecule has 1 aliphatic carbocycles. The third-order valence-corrected chi connectivity index (χ3v) is 11.5. The number of Topliss-reactive ketones (excluding diaryl/α,β-unsaturated/α-hetero) is 1. The van der Waals surface area contributed by atoms with E-state index in [0.717, 1.165) is 5.56 Å². The zero-order chi connectivity index (χ0) is 34.1. The van der Waals surface area contributed by atoms with E-state index in [4.69, 9.17) is 19.9 Å². The monoisotopic (exact) mass is 657 g/mol. The average molecular weight is 658 g/mol. The number of methoxy groups -OCH3 is 2. The Morgan fingerprint density at radius 1 is 0.957 bits per heavy atom. The van der Waals surface area contributed by atoms with Crippen LogP contribution < -0.4 is 16.0 Å². The molecular weight excluding hydrogens is 609 g/mol. The molecule has 1 fully saturated rings. The highest BCUT2D eigenvalue weighted by molar-refractivity contribution is 7.48. The number of rotatable bonds is 15. The van der Waals surface area contributed by atoms with Gasteiger partial charge in [0.25, 0.3) is 0 Å². The Balaban J connectivity index is 1.95. The molecule has 11 nitrogen and oxygen atoms in total. The number of nitrogens with zero attached hydrogens (tertiary/aromatic N) is 1. The number of ether oxygens (including phenoxy) is 3. The summed E-state index contributed by atoms with van der Waals surface area (Å²) in [6, 6.07) is 17.0. The molecule has 3 N–H and O–H groups in total. The number of nitrogens with two attached hydrogens (primary N) is 1. The lowest BCUT2D eigenvalue weighted by Crippen LogP contribution is -2.69. The first-order valence-electron chi connectivity index (χ1n) is 15.7. The van der Waals surface area contributed by atoms with Gasteiger partial charge >= 0.3 is 12.1 Å². The highest BCUT2D eigenvalue weighted by Gasteiger charge is 2.59. The molecule has 0 radical (unpaired) electrons. The minimum Gasteiger partial charge on any atom is -0.467 e. The smallest absolute Gasteiger partial charge is 0.414 e. The lowest BCUT2D eigenvalue weighted by Gasteiger charge is -2.41. The molecule has 3 rings (SSSR count). The van der Waals surface area contributed by atoms with Crippen LogP contribution in [0.3, 0.4) is 0 Å². The van der Waals surface area contributed by atoms with Gasteiger partial charge in [-0.15, -0.1) is 0 Å². The summed E-state index contributed by atoms with van der Waals surface area (Å²) in [5.41, 5.74) is 5.94. The van der Waals surface area contributed by atoms with Crippen LogP contribution in [0.25, 0.3) is 0 Å². The van der Waals surface area contributed by atoms with Crippen LogP contribution >= 0.6 is 7.80 Å². The maximum Gasteiger partial charge on any atom is 0.414 e. The molecule has 1 aliphatic rings. The summed E-state index contributed by atoms with van der Waals surface area (Å²) in [6.45, 7) is 6.63. The molecule has 2 aromatic rings. The molecule has 0 heterocycles. The first kappa shape index (κ1) is 36.9. The maximum absolute atomic E-state index is 14.7. The minimum atomic E-state index is -3.05. The van der Waals surface area contributed by atoms with Crippen LogP contribution in [0, 0.1) is 11.8 Å². The second-order valence-electron chi connectivity index (χ2n) is 12.4. The number of benzene rings is 2. The van der Waals surface area contributed by atoms with Gasteiger partial charge in [0.05, 0.1) is 18.8 Å². The molecule has 46 heavy (non-hydrogen) atoms. The lowest BCUT2D eigenvalue weighted by atomic mass is 9.76. The summed E-state index contributed by atoms with van der Waals surface area (Å²) < 4.78 is 31.0. The van der Waals surface area contributed by atoms with Gasteiger partial charge in [-0.2, -0.15) is 0 Å². The number of hydrogen-bond donors (Lipinski definition) is 2. The lowest BCUT2D eigenvalue weighted by molar-refractivity contribution is -0.149. The van der Waals surface area contributed by atoms with Gasteiger partial charge in [-0.1, -0.05) is 89.1 Å². The summed E-state index contributed by atoms with van der Waals surface area (Å²) in [6.07, 6.45) is 1.03. The van der Waals surface area contributed by atoms with E-state index in [1.807, 2.05) is 36.4 Å². The van der Waals surface area contributed by atoms with Gasteiger partial charge in [-0.05, 0) is 42.4 Å². The summed E-state index contributed by atoms with van der Waals surface area (Å²) in [7, 11) is -0.454. The van der Waals surface area contributed by atoms with Crippen molar-refractivity contribution in [3.05, 3.63) is 66.2 Å². The first-order valence-corrected chi connectivity index (χ1v) is 17.1. The second kappa shape index (κ2) is 16.3. The van der Waals surface area contributed by atoms with E-state index in [-0.39, 0.29) is 31.9 Å². The Morgan fingerprint density at radius 2 is 1.52 bits per heavy atom. The SMILES string of the molecule is COC(=O)[C@@H](NC(=O)[C@](N)(C(=O)C1([PH](=O)C(CN(C(=O)OCc2ccccc2)c2ccccc2)OC)CCCC1)C(C)C)C(C)C. The zero-order valence-corrected chi connectivity index (χ0v) is 28.6. The molecule has 2 unspecified atom stereocenters. The van der Waals surface area contributed by atoms with Crippen LogP contribution in [0.1, 0.15) is 58.9 Å². The highest BCUT2D eigenvalue weighted by Crippen LogP contribution is 2.56. The third-order valence-electron chi connectivity index (χ3n) is 8.85. The fraction of sp³-hybridized carbons (Fsp3) is 0.529. The Labute approximate surface area is 272 Å². The molecule has 252 valence electrons. The number of ketones is 1. The van der Waals surface area contributed by atoms with Crippen LogP contribution in [-0.4, -0.2) is 67.1 Å². The van der Waals surface area contributed by atoms with Gasteiger partial charge in [0.1, 0.15) is 26.3 Å². The van der Waals surface area contributed by atoms with Gasteiger partial charge in [0.2, 0.25) is 5.91 Å². The van der Waals surface area contributed by atoms with E-state index >= 15 is 0 Å². The molecule has 12 heteroatoms. The van der Waals surface area contributed by atoms with Gasteiger partial charge in [0.15, 0.2) is 11.3 Å². The number of anilines is 1. The van der Waals surface area contributed by atoms with Crippen LogP contribution in [0.4, 0.5) is 10.5 Å². The van der Waals surface area contributed by atoms with E-state index in [1.54, 1.807) is 52.0 Å². The van der Waals surface area contributed by atoms with Gasteiger partial charge < -0.3 is 29.8 Å². The highest BCUT2D eigenvalue weighted by atomic mass is 31.1. The van der Waals surface area contributed by atoms with Crippen molar-refractivity contribution in [2.45, 2.75) is 82.6 Å². The fourth-order valence-corrected chi connectivity index (χ4v) is 8.36. The number of esters is 1. The Hall–Kier alpha value is -3.53. The molecule has 0 spiro atoms. The molecule has 2 amide bonds. The summed E-state index contributed by atoms with van der Waals surface area (Å²) in [5.74, 6) is -4.25. The van der Waals surface area contributed by atoms with E-state index in [0.29, 0.717) is 18.5 Å². The molecule has 0 saturated heterocycles. The second-order valence-corrected chi connectivity index (χ2v) is 14.8. The van der Waals surface area contributed by atoms with E-state index < -0.39 is 60.1 Å². The quantitative estimate of drug-likeness (QED) is 0.154. The summed E-state index contributed by atoms with van der Waals surface area (Å²) in [4.78, 5) is 55.7. The van der Waals surface area contributed by atoms with Crippen LogP contribution in [-0.2, 0) is 39.8 Å². The average Bonchev–Trinajstić information content (AvgIpc) is 3.57. The number of carbonyl (C=O) groups excluding carboxylic acids is 4. The van der Waals surface area contributed by atoms with Crippen LogP contribution in [0.2, 0.25) is 0 Å². The number of hydrogen-bond acceptors (Lipinski definition) is 9. The van der Waals surface area contributed by atoms with Crippen molar-refractivity contribution in [2.75, 3.05) is 25.7 Å². The predicted octanol–water partition coefficient (Wildman–Crippen LogP) is 4.91. The van der Waals surface area contributed by atoms with Crippen molar-refractivity contribution in [3.8, 4) is 0 Å². The van der Waals surface area contributed by atoms with Crippen molar-refractivity contribution >= 4 is 37.2 Å². The van der Waals surface area contributed by atoms with E-state index in [9.17, 15) is 23.7 Å². The molecule has 4 atom stereocenters. The van der Waals surface area contributed by atoms with Crippen molar-refractivity contribution in [1.82, 2.24) is 5.32 Å². The molecule has 0 bridgehead atoms. The van der Waals surface area contributed by atoms with Crippen LogP contribution in [0.15, 0.2) is 60.7 Å². The zero-order valence-electron chi connectivity index (χ0n) is 27.6. The normalized spacial score (nSPS) is 17.4. The first-order chi connectivity index (χ1) is 21.8. The number of para-hydroxylation sites is 1. The summed E-state index contributed by atoms with van der Waals surface area (Å²) in [5, 5.41) is 1.18. The Kier molecular flexibility index (Phi) is 13.1. The fourth-order valence-electron chi connectivity index (χ4n) is 5.90. The Bertz CT molecular complexity index is 1360. The van der Waals surface area contributed by atoms with Crippen molar-refractivity contribution in [2.24, 2.45) is 17.6 Å². The van der Waals surface area contributed by atoms with Gasteiger partial charge in [-0.3, -0.25) is 14.5 Å². The summed E-state index contributed by atoms with van der Waals surface area (Å²) >= 11 is 0. The molecule has 1 saturated carbocycles. The van der Waals surface area contributed by atoms with Crippen molar-refractivity contribution < 1.29 is 38.0 Å². The van der Waals surface area contributed by atoms with Gasteiger partial charge in [-0.25, -0.2) is 9.59 Å². The minimum absolute atomic E-state index is 0.0282. The number of carbonyl (C=O) groups is 4. The third kappa shape index (κ3) is 8.06. The van der Waals surface area contributed by atoms with Crippen molar-refractivity contribution in [1.29, 1.82) is 0 Å². The molecule has 2 aromatic carbocycles. The molecular formula is C34H48N3O8P. The predicted molar refractivity (Wildman–Crippen MR) is 177 cm³/mol. The number of nitrogens with one attached hydrogen (secondary N) is 1. The van der Waals surface area contributed by atoms with E-state index in [2.05, 4.69) is 5.32 Å². The maximum atomic E-state index is 14.7. The van der Waals surface area contributed by atoms with Gasteiger partial charge in [0, 0.05) is 12.8 Å². The largest absolute Gasteiger partial charge is 0.467 e.